The highest BCUT2D eigenvalue weighted by atomic mass is 16.5. The van der Waals surface area contributed by atoms with E-state index in [2.05, 4.69) is 35.1 Å². The van der Waals surface area contributed by atoms with Gasteiger partial charge in [0.05, 0.1) is 12.7 Å². The molecule has 0 unspecified atom stereocenters. The van der Waals surface area contributed by atoms with Gasteiger partial charge in [-0.2, -0.15) is 5.26 Å². The van der Waals surface area contributed by atoms with E-state index >= 15 is 0 Å². The molecule has 1 fully saturated rings. The molecule has 0 radical (unpaired) electrons. The van der Waals surface area contributed by atoms with Crippen LogP contribution in [0.4, 0.5) is 0 Å². The maximum atomic E-state index is 9.05. The van der Waals surface area contributed by atoms with E-state index in [0.29, 0.717) is 5.92 Å². The van der Waals surface area contributed by atoms with Gasteiger partial charge in [-0.1, -0.05) is 64.0 Å². The van der Waals surface area contributed by atoms with Crippen molar-refractivity contribution in [1.29, 1.82) is 5.26 Å². The first-order valence-corrected chi connectivity index (χ1v) is 12.2. The van der Waals surface area contributed by atoms with Crippen molar-refractivity contribution in [2.24, 2.45) is 5.92 Å². The fourth-order valence-electron chi connectivity index (χ4n) is 4.35. The fraction of sp³-hybridized carbons (Fsp3) is 0.593. The van der Waals surface area contributed by atoms with Crippen molar-refractivity contribution in [3.05, 3.63) is 42.5 Å². The summed E-state index contributed by atoms with van der Waals surface area (Å²) in [5, 5.41) is 9.05. The normalized spacial score (nSPS) is 18.5. The van der Waals surface area contributed by atoms with E-state index in [1.165, 1.54) is 44.9 Å². The SMILES string of the molecule is CCCCCCCCCCOc1ccc(-c2cnc([C@H]3CC[C@H](C#N)CC3)nc2)cc1. The minimum absolute atomic E-state index is 0.215. The van der Waals surface area contributed by atoms with E-state index in [9.17, 15) is 0 Å². The van der Waals surface area contributed by atoms with Gasteiger partial charge in [0.15, 0.2) is 0 Å². The van der Waals surface area contributed by atoms with E-state index in [0.717, 1.165) is 61.4 Å². The summed E-state index contributed by atoms with van der Waals surface area (Å²) in [5.41, 5.74) is 2.14. The Morgan fingerprint density at radius 2 is 1.45 bits per heavy atom. The Balaban J connectivity index is 1.38. The van der Waals surface area contributed by atoms with E-state index in [1.54, 1.807) is 0 Å². The summed E-state index contributed by atoms with van der Waals surface area (Å²) in [6.07, 6.45) is 18.3. The molecule has 0 amide bonds. The van der Waals surface area contributed by atoms with Crippen molar-refractivity contribution < 1.29 is 4.74 Å². The zero-order chi connectivity index (χ0) is 21.7. The van der Waals surface area contributed by atoms with Crippen molar-refractivity contribution in [1.82, 2.24) is 9.97 Å². The van der Waals surface area contributed by atoms with Gasteiger partial charge in [0, 0.05) is 29.8 Å². The first-order chi connectivity index (χ1) is 15.3. The smallest absolute Gasteiger partial charge is 0.131 e. The third-order valence-electron chi connectivity index (χ3n) is 6.40. The Labute approximate surface area is 188 Å². The highest BCUT2D eigenvalue weighted by molar-refractivity contribution is 5.62. The number of ether oxygens (including phenoxy) is 1. The van der Waals surface area contributed by atoms with E-state index < -0.39 is 0 Å². The molecule has 1 aromatic carbocycles. The van der Waals surface area contributed by atoms with Gasteiger partial charge in [-0.3, -0.25) is 0 Å². The second-order valence-corrected chi connectivity index (χ2v) is 8.86. The minimum Gasteiger partial charge on any atom is -0.494 e. The van der Waals surface area contributed by atoms with Crippen LogP contribution < -0.4 is 4.74 Å². The van der Waals surface area contributed by atoms with Gasteiger partial charge < -0.3 is 4.74 Å². The molecule has 1 aliphatic rings. The molecular weight excluding hydrogens is 382 g/mol. The monoisotopic (exact) mass is 419 g/mol. The molecule has 1 saturated carbocycles. The summed E-state index contributed by atoms with van der Waals surface area (Å²) < 4.78 is 5.90. The summed E-state index contributed by atoms with van der Waals surface area (Å²) in [7, 11) is 0. The van der Waals surface area contributed by atoms with Crippen molar-refractivity contribution >= 4 is 0 Å². The standard InChI is InChI=1S/C27H37N3O/c1-2-3-4-5-6-7-8-9-18-31-26-16-14-23(15-17-26)25-20-29-27(30-21-25)24-12-10-22(19-28)11-13-24/h14-17,20-22,24H,2-13,18H2,1H3/t22-,24-. The number of rotatable bonds is 12. The van der Waals surface area contributed by atoms with Crippen LogP contribution in [0.25, 0.3) is 11.1 Å². The Kier molecular flexibility index (Phi) is 9.83. The lowest BCUT2D eigenvalue weighted by Gasteiger charge is -2.23. The third-order valence-corrected chi connectivity index (χ3v) is 6.40. The molecule has 166 valence electrons. The lowest BCUT2D eigenvalue weighted by molar-refractivity contribution is 0.304. The van der Waals surface area contributed by atoms with Crippen molar-refractivity contribution in [3.8, 4) is 22.9 Å². The van der Waals surface area contributed by atoms with E-state index in [1.807, 2.05) is 24.5 Å². The Bertz CT molecular complexity index is 787. The number of hydrogen-bond acceptors (Lipinski definition) is 4. The Morgan fingerprint density at radius 1 is 0.839 bits per heavy atom. The number of unbranched alkanes of at least 4 members (excludes halogenated alkanes) is 7. The minimum atomic E-state index is 0.215. The average Bonchev–Trinajstić information content (AvgIpc) is 2.83. The topological polar surface area (TPSA) is 58.8 Å². The maximum Gasteiger partial charge on any atom is 0.131 e. The quantitative estimate of drug-likeness (QED) is 0.335. The molecule has 31 heavy (non-hydrogen) atoms. The van der Waals surface area contributed by atoms with Gasteiger partial charge in [0.25, 0.3) is 0 Å². The van der Waals surface area contributed by atoms with Crippen LogP contribution in [-0.4, -0.2) is 16.6 Å². The highest BCUT2D eigenvalue weighted by Crippen LogP contribution is 2.34. The predicted octanol–water partition coefficient (Wildman–Crippen LogP) is 7.46. The Hall–Kier alpha value is -2.41. The van der Waals surface area contributed by atoms with Crippen molar-refractivity contribution in [2.75, 3.05) is 6.61 Å². The number of benzene rings is 1. The van der Waals surface area contributed by atoms with Crippen molar-refractivity contribution in [2.45, 2.75) is 89.9 Å². The summed E-state index contributed by atoms with van der Waals surface area (Å²) in [5.74, 6) is 2.46. The fourth-order valence-corrected chi connectivity index (χ4v) is 4.35. The van der Waals surface area contributed by atoms with E-state index in [4.69, 9.17) is 10.00 Å². The first kappa shape index (κ1) is 23.3. The molecule has 0 atom stereocenters. The highest BCUT2D eigenvalue weighted by Gasteiger charge is 2.23. The number of hydrogen-bond donors (Lipinski definition) is 0. The third kappa shape index (κ3) is 7.65. The van der Waals surface area contributed by atoms with Gasteiger partial charge in [0.2, 0.25) is 0 Å². The lowest BCUT2D eigenvalue weighted by Crippen LogP contribution is -2.14. The summed E-state index contributed by atoms with van der Waals surface area (Å²) >= 11 is 0. The molecule has 0 bridgehead atoms. The maximum absolute atomic E-state index is 9.05. The molecule has 1 heterocycles. The summed E-state index contributed by atoms with van der Waals surface area (Å²) in [4.78, 5) is 9.26. The molecule has 3 rings (SSSR count). The van der Waals surface area contributed by atoms with Gasteiger partial charge in [-0.15, -0.1) is 0 Å². The average molecular weight is 420 g/mol. The van der Waals surface area contributed by atoms with Crippen LogP contribution in [0.1, 0.15) is 95.7 Å². The second-order valence-electron chi connectivity index (χ2n) is 8.86. The summed E-state index contributed by atoms with van der Waals surface area (Å²) in [6.45, 7) is 3.05. The van der Waals surface area contributed by atoms with Crippen LogP contribution in [0.3, 0.4) is 0 Å². The summed E-state index contributed by atoms with van der Waals surface area (Å²) in [6, 6.07) is 10.6. The number of nitriles is 1. The first-order valence-electron chi connectivity index (χ1n) is 12.2. The molecule has 0 aliphatic heterocycles. The molecule has 4 heteroatoms. The molecule has 0 spiro atoms. The zero-order valence-electron chi connectivity index (χ0n) is 19.1. The second kappa shape index (κ2) is 13.1. The number of aromatic nitrogens is 2. The van der Waals surface area contributed by atoms with Crippen molar-refractivity contribution in [3.63, 3.8) is 0 Å². The zero-order valence-corrected chi connectivity index (χ0v) is 19.1. The molecule has 1 aliphatic carbocycles. The van der Waals surface area contributed by atoms with E-state index in [-0.39, 0.29) is 5.92 Å². The molecule has 0 saturated heterocycles. The van der Waals surface area contributed by atoms with Crippen LogP contribution in [0, 0.1) is 17.2 Å². The van der Waals surface area contributed by atoms with Gasteiger partial charge in [-0.25, -0.2) is 9.97 Å². The number of nitrogens with zero attached hydrogens (tertiary/aromatic N) is 3. The lowest BCUT2D eigenvalue weighted by atomic mass is 9.82. The van der Waals surface area contributed by atoms with Gasteiger partial charge in [-0.05, 0) is 49.8 Å². The predicted molar refractivity (Wildman–Crippen MR) is 126 cm³/mol. The largest absolute Gasteiger partial charge is 0.494 e. The van der Waals surface area contributed by atoms with Crippen LogP contribution in [-0.2, 0) is 0 Å². The van der Waals surface area contributed by atoms with Crippen LogP contribution in [0.2, 0.25) is 0 Å². The van der Waals surface area contributed by atoms with Crippen LogP contribution in [0.15, 0.2) is 36.7 Å². The van der Waals surface area contributed by atoms with Crippen LogP contribution in [0.5, 0.6) is 5.75 Å². The molecule has 4 nitrogen and oxygen atoms in total. The van der Waals surface area contributed by atoms with Crippen LogP contribution >= 0.6 is 0 Å². The van der Waals surface area contributed by atoms with Gasteiger partial charge in [0.1, 0.15) is 11.6 Å². The molecule has 0 N–H and O–H groups in total. The molecule has 1 aromatic heterocycles. The molecule has 2 aromatic rings. The van der Waals surface area contributed by atoms with Gasteiger partial charge >= 0.3 is 0 Å². The molecular formula is C27H37N3O. The Morgan fingerprint density at radius 3 is 2.06 bits per heavy atom.